The number of hydrogen-bond acceptors (Lipinski definition) is 3. The SMILES string of the molecule is CC(CC(F)(F)F)NCc1nncn1C1CCCCC1. The van der Waals surface area contributed by atoms with Gasteiger partial charge in [-0.2, -0.15) is 13.2 Å². The zero-order valence-electron chi connectivity index (χ0n) is 11.7. The normalized spacial score (nSPS) is 19.2. The minimum Gasteiger partial charge on any atom is -0.313 e. The summed E-state index contributed by atoms with van der Waals surface area (Å²) in [6, 6.07) is -0.222. The smallest absolute Gasteiger partial charge is 0.313 e. The molecule has 114 valence electrons. The van der Waals surface area contributed by atoms with Crippen molar-refractivity contribution in [1.82, 2.24) is 20.1 Å². The van der Waals surface area contributed by atoms with Gasteiger partial charge < -0.3 is 9.88 Å². The van der Waals surface area contributed by atoms with Crippen molar-refractivity contribution in [3.8, 4) is 0 Å². The lowest BCUT2D eigenvalue weighted by atomic mass is 9.95. The fourth-order valence-corrected chi connectivity index (χ4v) is 2.74. The maximum Gasteiger partial charge on any atom is 0.390 e. The van der Waals surface area contributed by atoms with E-state index < -0.39 is 18.6 Å². The molecule has 1 heterocycles. The zero-order chi connectivity index (χ0) is 14.6. The summed E-state index contributed by atoms with van der Waals surface area (Å²) in [7, 11) is 0. The number of nitrogens with one attached hydrogen (secondary N) is 1. The van der Waals surface area contributed by atoms with Gasteiger partial charge in [0.1, 0.15) is 12.2 Å². The molecule has 0 aromatic carbocycles. The summed E-state index contributed by atoms with van der Waals surface area (Å²) in [5, 5.41) is 10.8. The highest BCUT2D eigenvalue weighted by Crippen LogP contribution is 2.28. The van der Waals surface area contributed by atoms with Crippen LogP contribution in [0.1, 0.15) is 57.3 Å². The summed E-state index contributed by atoms with van der Waals surface area (Å²) in [5.74, 6) is 0.728. The molecule has 0 radical (unpaired) electrons. The number of aromatic nitrogens is 3. The van der Waals surface area contributed by atoms with Crippen LogP contribution in [0.15, 0.2) is 6.33 Å². The van der Waals surface area contributed by atoms with E-state index in [4.69, 9.17) is 0 Å². The van der Waals surface area contributed by atoms with Gasteiger partial charge in [-0.25, -0.2) is 0 Å². The van der Waals surface area contributed by atoms with Gasteiger partial charge in [0.05, 0.1) is 13.0 Å². The Hall–Kier alpha value is -1.11. The van der Waals surface area contributed by atoms with Crippen molar-refractivity contribution in [1.29, 1.82) is 0 Å². The van der Waals surface area contributed by atoms with Crippen molar-refractivity contribution >= 4 is 0 Å². The molecular weight excluding hydrogens is 269 g/mol. The highest BCUT2D eigenvalue weighted by molar-refractivity contribution is 4.91. The second-order valence-corrected chi connectivity index (χ2v) is 5.55. The first-order valence-corrected chi connectivity index (χ1v) is 7.14. The van der Waals surface area contributed by atoms with Crippen LogP contribution in [-0.4, -0.2) is 27.0 Å². The predicted molar refractivity (Wildman–Crippen MR) is 69.1 cm³/mol. The van der Waals surface area contributed by atoms with Gasteiger partial charge in [-0.15, -0.1) is 10.2 Å². The summed E-state index contributed by atoms with van der Waals surface area (Å²) >= 11 is 0. The summed E-state index contributed by atoms with van der Waals surface area (Å²) in [5.41, 5.74) is 0. The average molecular weight is 290 g/mol. The molecule has 1 aromatic rings. The molecule has 0 bridgehead atoms. The van der Waals surface area contributed by atoms with Crippen LogP contribution in [0.3, 0.4) is 0 Å². The summed E-state index contributed by atoms with van der Waals surface area (Å²) in [6.45, 7) is 1.86. The van der Waals surface area contributed by atoms with Gasteiger partial charge in [0.15, 0.2) is 0 Å². The fourth-order valence-electron chi connectivity index (χ4n) is 2.74. The first-order valence-electron chi connectivity index (χ1n) is 7.14. The first-order chi connectivity index (χ1) is 9.46. The molecule has 0 amide bonds. The first kappa shape index (κ1) is 15.3. The van der Waals surface area contributed by atoms with E-state index in [2.05, 4.69) is 15.5 Å². The largest absolute Gasteiger partial charge is 0.390 e. The van der Waals surface area contributed by atoms with E-state index in [9.17, 15) is 13.2 Å². The lowest BCUT2D eigenvalue weighted by Crippen LogP contribution is -2.32. The highest BCUT2D eigenvalue weighted by atomic mass is 19.4. The molecular formula is C13H21F3N4. The number of halogens is 3. The van der Waals surface area contributed by atoms with E-state index in [1.165, 1.54) is 26.2 Å². The van der Waals surface area contributed by atoms with Crippen LogP contribution in [0.2, 0.25) is 0 Å². The lowest BCUT2D eigenvalue weighted by Gasteiger charge is -2.24. The van der Waals surface area contributed by atoms with Crippen molar-refractivity contribution in [2.75, 3.05) is 0 Å². The van der Waals surface area contributed by atoms with Crippen molar-refractivity contribution in [2.45, 2.75) is 70.3 Å². The van der Waals surface area contributed by atoms with Gasteiger partial charge in [-0.05, 0) is 19.8 Å². The molecule has 1 aliphatic carbocycles. The number of nitrogens with zero attached hydrogens (tertiary/aromatic N) is 3. The second-order valence-electron chi connectivity index (χ2n) is 5.55. The maximum atomic E-state index is 12.3. The molecule has 0 spiro atoms. The quantitative estimate of drug-likeness (QED) is 0.905. The summed E-state index contributed by atoms with van der Waals surface area (Å²) < 4.78 is 38.8. The van der Waals surface area contributed by atoms with E-state index in [-0.39, 0.29) is 0 Å². The van der Waals surface area contributed by atoms with Gasteiger partial charge in [0.2, 0.25) is 0 Å². The highest BCUT2D eigenvalue weighted by Gasteiger charge is 2.30. The van der Waals surface area contributed by atoms with Crippen LogP contribution in [-0.2, 0) is 6.54 Å². The second kappa shape index (κ2) is 6.56. The Morgan fingerprint density at radius 3 is 2.70 bits per heavy atom. The standard InChI is InChI=1S/C13H21F3N4/c1-10(7-13(14,15)16)17-8-12-19-18-9-20(12)11-5-3-2-4-6-11/h9-11,17H,2-8H2,1H3. The lowest BCUT2D eigenvalue weighted by molar-refractivity contribution is -0.139. The van der Waals surface area contributed by atoms with Crippen LogP contribution in [0.4, 0.5) is 13.2 Å². The van der Waals surface area contributed by atoms with E-state index in [0.29, 0.717) is 12.6 Å². The third kappa shape index (κ3) is 4.47. The Kier molecular flexibility index (Phi) is 5.01. The minimum absolute atomic E-state index is 0.327. The fraction of sp³-hybridized carbons (Fsp3) is 0.846. The molecule has 4 nitrogen and oxygen atoms in total. The third-order valence-electron chi connectivity index (χ3n) is 3.76. The number of alkyl halides is 3. The summed E-state index contributed by atoms with van der Waals surface area (Å²) in [6.07, 6.45) is 2.58. The van der Waals surface area contributed by atoms with Gasteiger partial charge in [0.25, 0.3) is 0 Å². The molecule has 1 N–H and O–H groups in total. The van der Waals surface area contributed by atoms with E-state index in [1.807, 2.05) is 4.57 Å². The molecule has 2 rings (SSSR count). The topological polar surface area (TPSA) is 42.7 Å². The number of hydrogen-bond donors (Lipinski definition) is 1. The van der Waals surface area contributed by atoms with Gasteiger partial charge in [-0.1, -0.05) is 19.3 Å². The van der Waals surface area contributed by atoms with Crippen LogP contribution in [0, 0.1) is 0 Å². The number of rotatable bonds is 5. The molecule has 0 aliphatic heterocycles. The molecule has 0 saturated heterocycles. The molecule has 1 fully saturated rings. The van der Waals surface area contributed by atoms with Crippen LogP contribution in [0.25, 0.3) is 0 Å². The zero-order valence-corrected chi connectivity index (χ0v) is 11.7. The molecule has 1 unspecified atom stereocenters. The Labute approximate surface area is 116 Å². The molecule has 1 saturated carbocycles. The van der Waals surface area contributed by atoms with Gasteiger partial charge >= 0.3 is 6.18 Å². The monoisotopic (exact) mass is 290 g/mol. The van der Waals surface area contributed by atoms with Crippen LogP contribution < -0.4 is 5.32 Å². The van der Waals surface area contributed by atoms with Gasteiger partial charge in [-0.3, -0.25) is 0 Å². The van der Waals surface area contributed by atoms with Crippen molar-refractivity contribution in [3.05, 3.63) is 12.2 Å². The Balaban J connectivity index is 1.88. The van der Waals surface area contributed by atoms with Crippen LogP contribution in [0.5, 0.6) is 0 Å². The van der Waals surface area contributed by atoms with Crippen molar-refractivity contribution in [2.24, 2.45) is 0 Å². The molecule has 1 aromatic heterocycles. The maximum absolute atomic E-state index is 12.3. The molecule has 20 heavy (non-hydrogen) atoms. The van der Waals surface area contributed by atoms with Crippen LogP contribution >= 0.6 is 0 Å². The van der Waals surface area contributed by atoms with Crippen molar-refractivity contribution < 1.29 is 13.2 Å². The summed E-state index contributed by atoms with van der Waals surface area (Å²) in [4.78, 5) is 0. The Morgan fingerprint density at radius 1 is 1.35 bits per heavy atom. The van der Waals surface area contributed by atoms with E-state index in [0.717, 1.165) is 18.7 Å². The molecule has 1 aliphatic rings. The molecule has 7 heteroatoms. The van der Waals surface area contributed by atoms with Crippen molar-refractivity contribution in [3.63, 3.8) is 0 Å². The Bertz CT molecular complexity index is 410. The minimum atomic E-state index is -4.14. The predicted octanol–water partition coefficient (Wildman–Crippen LogP) is 3.21. The average Bonchev–Trinajstić information content (AvgIpc) is 2.83. The van der Waals surface area contributed by atoms with Gasteiger partial charge in [0, 0.05) is 12.1 Å². The van der Waals surface area contributed by atoms with E-state index >= 15 is 0 Å². The molecule has 1 atom stereocenters. The third-order valence-corrected chi connectivity index (χ3v) is 3.76. The Morgan fingerprint density at radius 2 is 2.05 bits per heavy atom. The van der Waals surface area contributed by atoms with E-state index in [1.54, 1.807) is 6.33 Å².